The number of rotatable bonds is 3. The first-order valence-corrected chi connectivity index (χ1v) is 37.1. The zero-order valence-electron chi connectivity index (χ0n) is 62.8. The molecule has 492 valence electrons. The predicted molar refractivity (Wildman–Crippen MR) is 403 cm³/mol. The zero-order valence-corrected chi connectivity index (χ0v) is 62.8. The fourth-order valence-corrected chi connectivity index (χ4v) is 21.3. The second kappa shape index (κ2) is 18.8. The average Bonchev–Trinajstić information content (AvgIpc) is 1.44. The molecule has 7 aromatic rings. The summed E-state index contributed by atoms with van der Waals surface area (Å²) in [6.45, 7) is 62.7. The minimum absolute atomic E-state index is 0.000433. The number of hydrogen-bond acceptors (Lipinski definition) is 4. The van der Waals surface area contributed by atoms with Crippen molar-refractivity contribution in [2.75, 3.05) is 14.7 Å². The van der Waals surface area contributed by atoms with E-state index in [2.05, 4.69) is 267 Å². The molecule has 0 saturated heterocycles. The molecule has 0 bridgehead atoms. The molecule has 0 amide bonds. The van der Waals surface area contributed by atoms with Crippen molar-refractivity contribution < 1.29 is 4.42 Å². The van der Waals surface area contributed by atoms with Crippen molar-refractivity contribution >= 4 is 74.1 Å². The molecule has 94 heavy (non-hydrogen) atoms. The van der Waals surface area contributed by atoms with Crippen molar-refractivity contribution in [3.8, 4) is 0 Å². The molecule has 6 aromatic carbocycles. The van der Waals surface area contributed by atoms with E-state index in [0.717, 1.165) is 49.8 Å². The van der Waals surface area contributed by atoms with E-state index in [-0.39, 0.29) is 66.4 Å². The minimum Gasteiger partial charge on any atom is -0.468 e. The van der Waals surface area contributed by atoms with Crippen molar-refractivity contribution in [1.29, 1.82) is 0 Å². The summed E-state index contributed by atoms with van der Waals surface area (Å²) >= 11 is 0. The topological polar surface area (TPSA) is 22.9 Å². The van der Waals surface area contributed by atoms with Crippen molar-refractivity contribution in [2.45, 2.75) is 315 Å². The molecule has 4 nitrogen and oxygen atoms in total. The largest absolute Gasteiger partial charge is 0.468 e. The van der Waals surface area contributed by atoms with Gasteiger partial charge < -0.3 is 19.1 Å². The molecule has 3 aliphatic heterocycles. The predicted octanol–water partition coefficient (Wildman–Crippen LogP) is 23.3. The van der Waals surface area contributed by atoms with Gasteiger partial charge in [-0.25, -0.2) is 0 Å². The molecule has 9 aliphatic rings. The number of hydrogen-bond donors (Lipinski definition) is 0. The summed E-state index contributed by atoms with van der Waals surface area (Å²) < 4.78 is 8.22. The minimum atomic E-state index is -0.413. The van der Waals surface area contributed by atoms with Gasteiger partial charge in [0.15, 0.2) is 0 Å². The number of anilines is 7. The fourth-order valence-electron chi connectivity index (χ4n) is 21.3. The summed E-state index contributed by atoms with van der Waals surface area (Å²) in [4.78, 5) is 8.67. The van der Waals surface area contributed by atoms with E-state index >= 15 is 0 Å². The summed E-state index contributed by atoms with van der Waals surface area (Å²) in [5, 5.41) is 1.24. The Morgan fingerprint density at radius 3 is 1.35 bits per heavy atom. The smallest absolute Gasteiger partial charge is 0.297 e. The molecule has 5 heteroatoms. The molecule has 1 fully saturated rings. The third-order valence-electron chi connectivity index (χ3n) is 28.4. The van der Waals surface area contributed by atoms with Crippen molar-refractivity contribution in [3.63, 3.8) is 0 Å². The maximum absolute atomic E-state index is 8.22. The number of aryl methyl sites for hydroxylation is 2. The molecular weight excluding hydrogens is 1140 g/mol. The van der Waals surface area contributed by atoms with E-state index in [1.165, 1.54) is 178 Å². The van der Waals surface area contributed by atoms with Gasteiger partial charge in [-0.15, -0.1) is 0 Å². The number of furan rings is 1. The number of nitrogens with zero attached hydrogens (tertiary/aromatic N) is 3. The van der Waals surface area contributed by atoms with Crippen LogP contribution in [-0.4, -0.2) is 12.3 Å². The SMILES string of the molecule is Cc1cc2c(cc1N1C3=C(B4c5oc6cc7c(cc6c5N(c5cc6c(cc5C)C(C)(C)CCC6(C)C)c5cc(N6c8ccc(C(C)(C)C)cc8C8(C)CCCCC68C)cc1c54)C(C)(C)CCC7(C)C)c1cc4c(cc1C3(C)C)C(C)(C)CCC4(C)C)C(C)(C)CCC2(C)C. The van der Waals surface area contributed by atoms with Gasteiger partial charge in [0, 0.05) is 56.0 Å². The van der Waals surface area contributed by atoms with Gasteiger partial charge in [-0.3, -0.25) is 0 Å². The maximum atomic E-state index is 8.22. The maximum Gasteiger partial charge on any atom is 0.297 e. The molecule has 1 saturated carbocycles. The molecule has 0 radical (unpaired) electrons. The third kappa shape index (κ3) is 8.23. The molecule has 16 rings (SSSR count). The quantitative estimate of drug-likeness (QED) is 0.165. The Hall–Kier alpha value is -5.94. The van der Waals surface area contributed by atoms with E-state index in [1.54, 1.807) is 0 Å². The van der Waals surface area contributed by atoms with Crippen LogP contribution in [0.4, 0.5) is 39.8 Å². The van der Waals surface area contributed by atoms with Crippen LogP contribution in [0.3, 0.4) is 0 Å². The monoisotopic (exact) mass is 1250 g/mol. The summed E-state index contributed by atoms with van der Waals surface area (Å²) in [6.07, 6.45) is 14.0. The first-order chi connectivity index (χ1) is 43.5. The Morgan fingerprint density at radius 2 is 0.840 bits per heavy atom. The summed E-state index contributed by atoms with van der Waals surface area (Å²) in [7, 11) is 0. The van der Waals surface area contributed by atoms with Crippen LogP contribution in [0.1, 0.15) is 314 Å². The standard InChI is InChI=1S/C89H112BN3O/c1-51-40-58-63(84(16,17)37-32-79(58,6)7)48-68(51)91-70-43-54(93-67-29-28-53(78(3,4)5)42-66(67)88(24)30-26-27-31-89(88,93)25)44-71-74(70)90(77-75(91)56-46-61-65(50-72(56)94-77)86(20,21)39-35-82(61,12)13)73-55-45-60-62(83(14,15)36-34-81(60,10)11)47-57(55)87(22,23)76(73)92(71)69-49-64-59(41-52(69)2)80(8,9)33-38-85(64,18)19/h28-29,40-50H,26-27,30-39H2,1-25H3. The molecule has 4 heterocycles. The van der Waals surface area contributed by atoms with Crippen LogP contribution in [0.5, 0.6) is 0 Å². The first kappa shape index (κ1) is 62.8. The highest BCUT2D eigenvalue weighted by Gasteiger charge is 2.61. The molecule has 6 aliphatic carbocycles. The first-order valence-electron chi connectivity index (χ1n) is 37.1. The lowest BCUT2D eigenvalue weighted by atomic mass is 9.34. The Labute approximate surface area is 567 Å². The van der Waals surface area contributed by atoms with Gasteiger partial charge in [-0.2, -0.15) is 0 Å². The van der Waals surface area contributed by atoms with Gasteiger partial charge in [0.2, 0.25) is 0 Å². The van der Waals surface area contributed by atoms with Crippen molar-refractivity contribution in [2.24, 2.45) is 0 Å². The third-order valence-corrected chi connectivity index (χ3v) is 28.4. The fraction of sp³-hybridized carbons (Fsp3) is 0.551. The van der Waals surface area contributed by atoms with Crippen LogP contribution in [-0.2, 0) is 59.6 Å². The highest BCUT2D eigenvalue weighted by atomic mass is 16.3. The van der Waals surface area contributed by atoms with E-state index in [0.29, 0.717) is 0 Å². The molecule has 1 aromatic heterocycles. The lowest BCUT2D eigenvalue weighted by Gasteiger charge is -2.51. The lowest BCUT2D eigenvalue weighted by molar-refractivity contribution is 0.195. The van der Waals surface area contributed by atoms with Gasteiger partial charge in [-0.1, -0.05) is 202 Å². The van der Waals surface area contributed by atoms with Gasteiger partial charge in [0.1, 0.15) is 5.58 Å². The van der Waals surface area contributed by atoms with Crippen LogP contribution < -0.4 is 25.8 Å². The van der Waals surface area contributed by atoms with Crippen molar-refractivity contribution in [3.05, 3.63) is 162 Å². The van der Waals surface area contributed by atoms with E-state index in [1.807, 2.05) is 0 Å². The second-order valence-corrected chi connectivity index (χ2v) is 39.6. The zero-order chi connectivity index (χ0) is 67.3. The Bertz CT molecular complexity index is 4550. The molecular formula is C89H112BN3O. The Morgan fingerprint density at radius 1 is 0.404 bits per heavy atom. The normalized spacial score (nSPS) is 25.9. The van der Waals surface area contributed by atoms with E-state index < -0.39 is 5.41 Å². The summed E-state index contributed by atoms with van der Waals surface area (Å²) in [6, 6.07) is 34.6. The molecule has 0 spiro atoms. The Kier molecular flexibility index (Phi) is 12.6. The lowest BCUT2D eigenvalue weighted by Crippen LogP contribution is -2.56. The van der Waals surface area contributed by atoms with Gasteiger partial charge in [0.25, 0.3) is 6.71 Å². The number of allylic oxidation sites excluding steroid dienone is 1. The molecule has 0 N–H and O–H groups in total. The average molecular weight is 1250 g/mol. The van der Waals surface area contributed by atoms with Gasteiger partial charge in [-0.05, 0) is 265 Å². The van der Waals surface area contributed by atoms with E-state index in [4.69, 9.17) is 4.42 Å². The molecule has 2 unspecified atom stereocenters. The van der Waals surface area contributed by atoms with Crippen LogP contribution >= 0.6 is 0 Å². The van der Waals surface area contributed by atoms with Gasteiger partial charge in [0.05, 0.1) is 16.9 Å². The second-order valence-electron chi connectivity index (χ2n) is 39.6. The Balaban J connectivity index is 1.11. The van der Waals surface area contributed by atoms with Crippen LogP contribution in [0.15, 0.2) is 89.0 Å². The summed E-state index contributed by atoms with van der Waals surface area (Å²) in [5.41, 5.74) is 35.4. The van der Waals surface area contributed by atoms with Crippen LogP contribution in [0.25, 0.3) is 16.4 Å². The highest BCUT2D eigenvalue weighted by molar-refractivity contribution is 7.03. The number of fused-ring (bicyclic) bond motifs is 14. The highest BCUT2D eigenvalue weighted by Crippen LogP contribution is 2.66. The molecule has 2 atom stereocenters. The van der Waals surface area contributed by atoms with E-state index in [9.17, 15) is 0 Å². The van der Waals surface area contributed by atoms with Crippen LogP contribution in [0.2, 0.25) is 0 Å². The number of benzene rings is 6. The summed E-state index contributed by atoms with van der Waals surface area (Å²) in [5.74, 6) is 0. The van der Waals surface area contributed by atoms with Crippen LogP contribution in [0, 0.1) is 13.8 Å². The van der Waals surface area contributed by atoms with Gasteiger partial charge >= 0.3 is 0 Å². The van der Waals surface area contributed by atoms with Crippen molar-refractivity contribution in [1.82, 2.24) is 0 Å².